The first kappa shape index (κ1) is 40.2. The number of nitrogens with zero attached hydrogens (tertiary/aromatic N) is 1. The van der Waals surface area contributed by atoms with Gasteiger partial charge in [0.15, 0.2) is 18.3 Å². The van der Waals surface area contributed by atoms with Gasteiger partial charge in [0.05, 0.1) is 19.3 Å². The van der Waals surface area contributed by atoms with Gasteiger partial charge in [-0.2, -0.15) is 0 Å². The maximum Gasteiger partial charge on any atom is 0.334 e. The molecule has 0 aromatic carbocycles. The summed E-state index contributed by atoms with van der Waals surface area (Å²) >= 11 is 0. The largest absolute Gasteiger partial charge is 0.467 e. The number of hydrogen-bond acceptors (Lipinski definition) is 11. The van der Waals surface area contributed by atoms with E-state index in [0.29, 0.717) is 42.7 Å². The lowest BCUT2D eigenvalue weighted by molar-refractivity contribution is -0.153. The maximum absolute atomic E-state index is 13.7. The van der Waals surface area contributed by atoms with E-state index < -0.39 is 54.3 Å². The SMILES string of the molecule is COCCC/C(C)=C1\CO[C@@H](CC(C)C)\C1=C/[C@H]1N=C2O[C@@H]1COC(=O)/C(CC(C)C)=C/C(=O)O[C@H]1[C@@H](OC(=O)[C@@]1(C)CO)/C(C)=C/Cc1ccc2[nH]1. The van der Waals surface area contributed by atoms with Crippen LogP contribution in [-0.4, -0.2) is 97.9 Å². The summed E-state index contributed by atoms with van der Waals surface area (Å²) in [5.41, 5.74) is 4.28. The Bertz CT molecular complexity index is 1680. The molecule has 4 aliphatic rings. The van der Waals surface area contributed by atoms with E-state index in [4.69, 9.17) is 33.4 Å². The highest BCUT2D eigenvalue weighted by atomic mass is 16.6. The number of nitrogens with one attached hydrogen (secondary N) is 1. The van der Waals surface area contributed by atoms with Gasteiger partial charge < -0.3 is 38.5 Å². The Labute approximate surface area is 312 Å². The van der Waals surface area contributed by atoms with E-state index in [-0.39, 0.29) is 30.6 Å². The molecule has 0 aliphatic carbocycles. The van der Waals surface area contributed by atoms with Crippen molar-refractivity contribution in [1.82, 2.24) is 4.98 Å². The van der Waals surface area contributed by atoms with Gasteiger partial charge in [0.2, 0.25) is 5.90 Å². The first-order valence-corrected chi connectivity index (χ1v) is 18.7. The van der Waals surface area contributed by atoms with Crippen LogP contribution in [0.3, 0.4) is 0 Å². The Morgan fingerprint density at radius 1 is 1.13 bits per heavy atom. The molecule has 6 atom stereocenters. The Kier molecular flexibility index (Phi) is 13.2. The van der Waals surface area contributed by atoms with Gasteiger partial charge in [-0.25, -0.2) is 14.6 Å². The normalized spacial score (nSPS) is 31.8. The van der Waals surface area contributed by atoms with Gasteiger partial charge in [-0.15, -0.1) is 0 Å². The summed E-state index contributed by atoms with van der Waals surface area (Å²) in [5, 5.41) is 10.2. The molecule has 1 aromatic heterocycles. The number of carbonyl (C=O) groups excluding carboxylic acids is 3. The van der Waals surface area contributed by atoms with Gasteiger partial charge in [0.25, 0.3) is 0 Å². The van der Waals surface area contributed by atoms with E-state index >= 15 is 0 Å². The number of ether oxygens (including phenoxy) is 6. The molecule has 2 N–H and O–H groups in total. The summed E-state index contributed by atoms with van der Waals surface area (Å²) in [6.07, 6.45) is 5.63. The van der Waals surface area contributed by atoms with E-state index in [2.05, 4.69) is 31.8 Å². The highest BCUT2D eigenvalue weighted by Crippen LogP contribution is 2.40. The Hall–Kier alpha value is -4.00. The molecule has 12 heteroatoms. The molecule has 0 radical (unpaired) electrons. The molecule has 5 heterocycles. The molecular weight excluding hydrogens is 680 g/mol. The molecule has 1 aromatic rings. The third kappa shape index (κ3) is 9.39. The number of fused-ring (bicyclic) bond motifs is 6. The molecule has 4 bridgehead atoms. The molecule has 12 nitrogen and oxygen atoms in total. The molecule has 2 fully saturated rings. The highest BCUT2D eigenvalue weighted by molar-refractivity contribution is 5.97. The van der Waals surface area contributed by atoms with Gasteiger partial charge in [-0.05, 0) is 93.2 Å². The smallest absolute Gasteiger partial charge is 0.334 e. The second-order valence-electron chi connectivity index (χ2n) is 15.7. The fourth-order valence-electron chi connectivity index (χ4n) is 7.15. The number of rotatable bonds is 10. The Morgan fingerprint density at radius 3 is 2.60 bits per heavy atom. The van der Waals surface area contributed by atoms with E-state index in [1.807, 2.05) is 32.1 Å². The van der Waals surface area contributed by atoms with Gasteiger partial charge in [-0.1, -0.05) is 39.3 Å². The van der Waals surface area contributed by atoms with Crippen LogP contribution >= 0.6 is 0 Å². The van der Waals surface area contributed by atoms with Crippen molar-refractivity contribution < 1.29 is 47.9 Å². The summed E-state index contributed by atoms with van der Waals surface area (Å²) < 4.78 is 35.5. The van der Waals surface area contributed by atoms with Gasteiger partial charge >= 0.3 is 17.9 Å². The van der Waals surface area contributed by atoms with Crippen LogP contribution in [0.25, 0.3) is 0 Å². The predicted octanol–water partition coefficient (Wildman–Crippen LogP) is 5.50. The van der Waals surface area contributed by atoms with Crippen LogP contribution in [-0.2, 0) is 49.2 Å². The van der Waals surface area contributed by atoms with Crippen LogP contribution in [0.2, 0.25) is 0 Å². The Balaban J connectivity index is 1.54. The van der Waals surface area contributed by atoms with Crippen LogP contribution in [0.4, 0.5) is 0 Å². The monoisotopic (exact) mass is 736 g/mol. The van der Waals surface area contributed by atoms with Crippen molar-refractivity contribution in [3.63, 3.8) is 0 Å². The number of allylic oxidation sites excluding steroid dienone is 2. The average Bonchev–Trinajstić information content (AvgIpc) is 3.89. The Morgan fingerprint density at radius 2 is 1.91 bits per heavy atom. The third-order valence-corrected chi connectivity index (χ3v) is 10.3. The van der Waals surface area contributed by atoms with Gasteiger partial charge in [-0.3, -0.25) is 4.79 Å². The molecule has 2 saturated heterocycles. The quantitative estimate of drug-likeness (QED) is 0.136. The number of aliphatic hydroxyl groups excluding tert-OH is 1. The van der Waals surface area contributed by atoms with Crippen LogP contribution in [0, 0.1) is 17.3 Å². The standard InChI is InChI=1S/C41H56N2O10/c1-23(2)16-27-18-35(45)52-37-36(53-40(47)41(37,7)22-44)26(6)11-12-28-13-14-31(42-28)38-43-32(34(51-38)21-50-39(27)46)19-29-30(25(5)10-9-15-48-8)20-49-33(29)17-24(3)4/h11,13-14,18-19,23-24,32-34,36-37,42,44H,9-10,12,15-17,20-22H2,1-8H3/b26-11+,27-18+,29-19-,30-25+/t32-,33+,34-,36+,37+,41+/m1/s1. The number of hydrogen-bond donors (Lipinski definition) is 2. The second kappa shape index (κ2) is 17.4. The average molecular weight is 737 g/mol. The minimum atomic E-state index is -1.49. The molecular formula is C41H56N2O10. The van der Waals surface area contributed by atoms with E-state index in [9.17, 15) is 19.5 Å². The number of H-pyrrole nitrogens is 1. The summed E-state index contributed by atoms with van der Waals surface area (Å²) in [7, 11) is 1.71. The fraction of sp³-hybridized carbons (Fsp3) is 0.610. The second-order valence-corrected chi connectivity index (χ2v) is 15.7. The van der Waals surface area contributed by atoms with Crippen molar-refractivity contribution in [2.75, 3.05) is 33.5 Å². The molecule has 53 heavy (non-hydrogen) atoms. The number of aromatic nitrogens is 1. The van der Waals surface area contributed by atoms with Crippen molar-refractivity contribution >= 4 is 23.8 Å². The van der Waals surface area contributed by atoms with Crippen LogP contribution in [0.1, 0.15) is 85.5 Å². The maximum atomic E-state index is 13.7. The molecule has 0 unspecified atom stereocenters. The third-order valence-electron chi connectivity index (χ3n) is 10.3. The lowest BCUT2D eigenvalue weighted by Gasteiger charge is -2.27. The van der Waals surface area contributed by atoms with Crippen molar-refractivity contribution in [3.05, 3.63) is 69.6 Å². The van der Waals surface area contributed by atoms with Gasteiger partial charge in [0.1, 0.15) is 23.8 Å². The number of aliphatic imine (C=N–C) groups is 1. The summed E-state index contributed by atoms with van der Waals surface area (Å²) in [4.78, 5) is 48.5. The summed E-state index contributed by atoms with van der Waals surface area (Å²) in [6.45, 7) is 14.1. The number of carbonyl (C=O) groups is 3. The van der Waals surface area contributed by atoms with E-state index in [1.165, 1.54) is 12.5 Å². The number of aromatic amines is 1. The highest BCUT2D eigenvalue weighted by Gasteiger charge is 2.57. The first-order valence-electron chi connectivity index (χ1n) is 18.7. The zero-order chi connectivity index (χ0) is 38.4. The van der Waals surface area contributed by atoms with Crippen molar-refractivity contribution in [2.45, 2.75) is 111 Å². The predicted molar refractivity (Wildman–Crippen MR) is 198 cm³/mol. The summed E-state index contributed by atoms with van der Waals surface area (Å²) in [5.74, 6) is -1.39. The molecule has 5 rings (SSSR count). The lowest BCUT2D eigenvalue weighted by Crippen LogP contribution is -2.43. The first-order chi connectivity index (χ1) is 25.2. The van der Waals surface area contributed by atoms with E-state index in [0.717, 1.165) is 42.2 Å². The minimum absolute atomic E-state index is 0.00583. The number of esters is 3. The summed E-state index contributed by atoms with van der Waals surface area (Å²) in [6, 6.07) is 3.32. The number of cyclic esters (lactones) is 1. The topological polar surface area (TPSA) is 155 Å². The molecule has 290 valence electrons. The van der Waals surface area contributed by atoms with E-state index in [1.54, 1.807) is 14.0 Å². The van der Waals surface area contributed by atoms with Crippen LogP contribution < -0.4 is 0 Å². The number of aliphatic hydroxyl groups is 1. The van der Waals surface area contributed by atoms with Crippen molar-refractivity contribution in [3.8, 4) is 0 Å². The van der Waals surface area contributed by atoms with Crippen molar-refractivity contribution in [2.24, 2.45) is 22.2 Å². The van der Waals surface area contributed by atoms with Crippen LogP contribution in [0.5, 0.6) is 0 Å². The van der Waals surface area contributed by atoms with Crippen molar-refractivity contribution in [1.29, 1.82) is 0 Å². The molecule has 0 saturated carbocycles. The molecule has 0 amide bonds. The van der Waals surface area contributed by atoms with Gasteiger partial charge in [0, 0.05) is 37.5 Å². The molecule has 0 spiro atoms. The fourth-order valence-corrected chi connectivity index (χ4v) is 7.15. The lowest BCUT2D eigenvalue weighted by atomic mass is 9.83. The number of methoxy groups -OCH3 is 1. The van der Waals surface area contributed by atoms with Crippen LogP contribution in [0.15, 0.2) is 63.2 Å². The zero-order valence-electron chi connectivity index (χ0n) is 32.4. The minimum Gasteiger partial charge on any atom is -0.467 e. The molecule has 4 aliphatic heterocycles. The zero-order valence-corrected chi connectivity index (χ0v) is 32.4.